The molecule has 1 aromatic heterocycles. The molecule has 0 saturated carbocycles. The van der Waals surface area contributed by atoms with Crippen molar-refractivity contribution < 1.29 is 0 Å². The van der Waals surface area contributed by atoms with E-state index in [1.807, 2.05) is 133 Å². The maximum Gasteiger partial charge on any atom is 0.164 e. The smallest absolute Gasteiger partial charge is 0.164 e. The quantitative estimate of drug-likeness (QED) is 0.165. The summed E-state index contributed by atoms with van der Waals surface area (Å²) in [6.45, 7) is 0. The molecule has 54 heavy (non-hydrogen) atoms. The summed E-state index contributed by atoms with van der Waals surface area (Å²) >= 11 is 0. The minimum absolute atomic E-state index is 0.513. The van der Waals surface area contributed by atoms with Crippen LogP contribution >= 0.6 is 0 Å². The number of benzene rings is 7. The van der Waals surface area contributed by atoms with Gasteiger partial charge in [-0.1, -0.05) is 127 Å². The van der Waals surface area contributed by atoms with Crippen molar-refractivity contribution in [1.29, 1.82) is 15.8 Å². The van der Waals surface area contributed by atoms with E-state index in [4.69, 9.17) is 15.0 Å². The van der Waals surface area contributed by atoms with Crippen LogP contribution in [0.3, 0.4) is 0 Å². The predicted molar refractivity (Wildman–Crippen MR) is 212 cm³/mol. The molecule has 6 nitrogen and oxygen atoms in total. The third-order valence-electron chi connectivity index (χ3n) is 9.30. The van der Waals surface area contributed by atoms with Crippen molar-refractivity contribution >= 4 is 0 Å². The van der Waals surface area contributed by atoms with Crippen molar-refractivity contribution in [3.8, 4) is 96.9 Å². The summed E-state index contributed by atoms with van der Waals surface area (Å²) in [6, 6.07) is 61.8. The summed E-state index contributed by atoms with van der Waals surface area (Å²) in [6.07, 6.45) is 0. The molecule has 0 amide bonds. The molecule has 0 aliphatic heterocycles. The van der Waals surface area contributed by atoms with Crippen LogP contribution in [0.4, 0.5) is 0 Å². The van der Waals surface area contributed by atoms with E-state index in [9.17, 15) is 15.8 Å². The Kier molecular flexibility index (Phi) is 9.04. The van der Waals surface area contributed by atoms with Crippen molar-refractivity contribution in [3.63, 3.8) is 0 Å². The third-order valence-corrected chi connectivity index (χ3v) is 9.30. The average Bonchev–Trinajstić information content (AvgIpc) is 3.26. The summed E-state index contributed by atoms with van der Waals surface area (Å²) in [5, 5.41) is 28.1. The van der Waals surface area contributed by atoms with Gasteiger partial charge in [0.05, 0.1) is 34.9 Å². The second-order valence-corrected chi connectivity index (χ2v) is 12.7. The highest BCUT2D eigenvalue weighted by molar-refractivity contribution is 5.87. The summed E-state index contributed by atoms with van der Waals surface area (Å²) in [7, 11) is 0. The zero-order valence-electron chi connectivity index (χ0n) is 28.8. The highest BCUT2D eigenvalue weighted by Gasteiger charge is 2.16. The molecule has 250 valence electrons. The number of hydrogen-bond acceptors (Lipinski definition) is 6. The van der Waals surface area contributed by atoms with Gasteiger partial charge in [0.1, 0.15) is 0 Å². The van der Waals surface area contributed by atoms with Crippen molar-refractivity contribution in [2.24, 2.45) is 0 Å². The molecule has 0 aliphatic carbocycles. The van der Waals surface area contributed by atoms with Crippen LogP contribution in [0.25, 0.3) is 78.7 Å². The van der Waals surface area contributed by atoms with Crippen molar-refractivity contribution in [2.75, 3.05) is 0 Å². The normalized spacial score (nSPS) is 10.5. The monoisotopic (exact) mass is 688 g/mol. The van der Waals surface area contributed by atoms with Gasteiger partial charge in [0.25, 0.3) is 0 Å². The Labute approximate surface area is 313 Å². The van der Waals surface area contributed by atoms with Gasteiger partial charge in [-0.05, 0) is 87.0 Å². The van der Waals surface area contributed by atoms with Gasteiger partial charge in [-0.3, -0.25) is 0 Å². The number of nitrogens with zero attached hydrogens (tertiary/aromatic N) is 6. The molecule has 7 aromatic carbocycles. The van der Waals surface area contributed by atoms with E-state index in [1.54, 1.807) is 0 Å². The lowest BCUT2D eigenvalue weighted by molar-refractivity contribution is 1.07. The molecule has 1 heterocycles. The number of hydrogen-bond donors (Lipinski definition) is 0. The van der Waals surface area contributed by atoms with Crippen LogP contribution in [-0.2, 0) is 0 Å². The van der Waals surface area contributed by atoms with E-state index in [1.165, 1.54) is 0 Å². The van der Waals surface area contributed by atoms with E-state index in [-0.39, 0.29) is 0 Å². The summed E-state index contributed by atoms with van der Waals surface area (Å²) in [5.41, 5.74) is 12.3. The first-order chi connectivity index (χ1) is 26.6. The molecule has 0 unspecified atom stereocenters. The summed E-state index contributed by atoms with van der Waals surface area (Å²) < 4.78 is 0. The van der Waals surface area contributed by atoms with Crippen molar-refractivity contribution in [2.45, 2.75) is 0 Å². The van der Waals surface area contributed by atoms with Crippen LogP contribution in [-0.4, -0.2) is 15.0 Å². The molecule has 0 saturated heterocycles. The van der Waals surface area contributed by atoms with Crippen LogP contribution in [0.5, 0.6) is 0 Å². The number of aromatic nitrogens is 3. The Morgan fingerprint density at radius 2 is 0.593 bits per heavy atom. The van der Waals surface area contributed by atoms with Gasteiger partial charge in [-0.25, -0.2) is 15.0 Å². The molecule has 0 radical (unpaired) electrons. The SMILES string of the molecule is N#Cc1ccc(-c2ccc(-c3nc(-c4ccc(-c5ccccc5)cc4)nc(-c4ccc(-c5ccc(C#N)cc5)c(-c5ccc(C#N)cc5)c4)n3)cc2)cc1. The first-order valence-electron chi connectivity index (χ1n) is 17.3. The molecule has 0 N–H and O–H groups in total. The summed E-state index contributed by atoms with van der Waals surface area (Å²) in [4.78, 5) is 15.1. The molecular formula is C48H28N6. The molecule has 0 fully saturated rings. The van der Waals surface area contributed by atoms with Gasteiger partial charge in [-0.2, -0.15) is 15.8 Å². The fraction of sp³-hybridized carbons (Fsp3) is 0. The van der Waals surface area contributed by atoms with Crippen molar-refractivity contribution in [3.05, 3.63) is 187 Å². The zero-order valence-corrected chi connectivity index (χ0v) is 28.8. The van der Waals surface area contributed by atoms with Crippen LogP contribution in [0.2, 0.25) is 0 Å². The van der Waals surface area contributed by atoms with Crippen molar-refractivity contribution in [1.82, 2.24) is 15.0 Å². The van der Waals surface area contributed by atoms with Gasteiger partial charge in [0.15, 0.2) is 17.5 Å². The Morgan fingerprint density at radius 3 is 1.02 bits per heavy atom. The molecule has 0 aliphatic rings. The van der Waals surface area contributed by atoms with E-state index < -0.39 is 0 Å². The van der Waals surface area contributed by atoms with Gasteiger partial charge < -0.3 is 0 Å². The molecule has 8 rings (SSSR count). The maximum absolute atomic E-state index is 9.47. The fourth-order valence-electron chi connectivity index (χ4n) is 6.38. The largest absolute Gasteiger partial charge is 0.208 e. The Balaban J connectivity index is 1.25. The third kappa shape index (κ3) is 6.85. The van der Waals surface area contributed by atoms with Crippen LogP contribution in [0, 0.1) is 34.0 Å². The topological polar surface area (TPSA) is 110 Å². The minimum atomic E-state index is 0.513. The first-order valence-corrected chi connectivity index (χ1v) is 17.3. The van der Waals surface area contributed by atoms with Gasteiger partial charge in [0.2, 0.25) is 0 Å². The predicted octanol–water partition coefficient (Wildman–Crippen LogP) is 11.2. The number of nitriles is 3. The van der Waals surface area contributed by atoms with Crippen LogP contribution in [0.1, 0.15) is 16.7 Å². The molecular weight excluding hydrogens is 661 g/mol. The molecule has 8 aromatic rings. The van der Waals surface area contributed by atoms with Crippen LogP contribution < -0.4 is 0 Å². The zero-order chi connectivity index (χ0) is 36.9. The average molecular weight is 689 g/mol. The second-order valence-electron chi connectivity index (χ2n) is 12.7. The summed E-state index contributed by atoms with van der Waals surface area (Å²) in [5.74, 6) is 1.59. The lowest BCUT2D eigenvalue weighted by atomic mass is 9.92. The Hall–Kier alpha value is -7.98. The lowest BCUT2D eigenvalue weighted by Crippen LogP contribution is -2.00. The second kappa shape index (κ2) is 14.7. The molecule has 0 bridgehead atoms. The molecule has 6 heteroatoms. The maximum atomic E-state index is 9.47. The number of rotatable bonds is 7. The Bertz CT molecular complexity index is 2730. The van der Waals surface area contributed by atoms with Crippen LogP contribution in [0.15, 0.2) is 170 Å². The molecule has 0 spiro atoms. The van der Waals surface area contributed by atoms with Gasteiger partial charge in [0, 0.05) is 16.7 Å². The standard InChI is InChI=1S/C48H28N6/c49-29-32-6-12-36(13-7-32)38-20-24-42(25-21-38)47-52-46(41-22-18-37(19-23-41)35-4-2-1-3-5-35)53-48(54-47)43-26-27-44(39-14-8-33(30-50)9-15-39)45(28-43)40-16-10-34(31-51)11-17-40/h1-28H. The van der Waals surface area contributed by atoms with E-state index in [0.29, 0.717) is 34.2 Å². The Morgan fingerprint density at radius 1 is 0.278 bits per heavy atom. The van der Waals surface area contributed by atoms with Gasteiger partial charge >= 0.3 is 0 Å². The van der Waals surface area contributed by atoms with E-state index >= 15 is 0 Å². The van der Waals surface area contributed by atoms with E-state index in [0.717, 1.165) is 61.2 Å². The van der Waals surface area contributed by atoms with Gasteiger partial charge in [-0.15, -0.1) is 0 Å². The molecule has 0 atom stereocenters. The minimum Gasteiger partial charge on any atom is -0.208 e. The first kappa shape index (κ1) is 33.2. The highest BCUT2D eigenvalue weighted by atomic mass is 15.0. The lowest BCUT2D eigenvalue weighted by Gasteiger charge is -2.14. The highest BCUT2D eigenvalue weighted by Crippen LogP contribution is 2.37. The van der Waals surface area contributed by atoms with E-state index in [2.05, 4.69) is 54.6 Å². The fourth-order valence-corrected chi connectivity index (χ4v) is 6.38.